The zero-order chi connectivity index (χ0) is 10.0. The second-order valence-electron chi connectivity index (χ2n) is 2.47. The smallest absolute Gasteiger partial charge is 0.423 e. The molecule has 0 aliphatic rings. The number of nitrogens with two attached hydrogens (primary N) is 1. The SMILES string of the molecule is NC(=O)c1ccc(B(O)O)c(Cl)c1. The van der Waals surface area contributed by atoms with Gasteiger partial charge in [-0.1, -0.05) is 17.7 Å². The number of carbonyl (C=O) groups excluding carboxylic acids is 1. The fourth-order valence-electron chi connectivity index (χ4n) is 0.890. The first-order chi connectivity index (χ1) is 6.02. The van der Waals surface area contributed by atoms with Gasteiger partial charge in [0.25, 0.3) is 0 Å². The van der Waals surface area contributed by atoms with E-state index in [1.165, 1.54) is 18.2 Å². The van der Waals surface area contributed by atoms with Crippen molar-refractivity contribution in [3.05, 3.63) is 28.8 Å². The predicted molar refractivity (Wildman–Crippen MR) is 49.8 cm³/mol. The summed E-state index contributed by atoms with van der Waals surface area (Å²) < 4.78 is 0. The maximum Gasteiger partial charge on any atom is 0.489 e. The molecule has 13 heavy (non-hydrogen) atoms. The van der Waals surface area contributed by atoms with E-state index in [2.05, 4.69) is 0 Å². The van der Waals surface area contributed by atoms with E-state index in [0.29, 0.717) is 0 Å². The minimum atomic E-state index is -1.64. The number of hydrogen-bond donors (Lipinski definition) is 3. The standard InChI is InChI=1S/C7H7BClNO3/c9-6-3-4(7(10)11)1-2-5(6)8(12)13/h1-3,12-13H,(H2,10,11). The highest BCUT2D eigenvalue weighted by Gasteiger charge is 2.15. The number of hydrogen-bond acceptors (Lipinski definition) is 3. The predicted octanol–water partition coefficient (Wildman–Crippen LogP) is -0.881. The summed E-state index contributed by atoms with van der Waals surface area (Å²) in [5.41, 5.74) is 5.36. The van der Waals surface area contributed by atoms with E-state index in [1.807, 2.05) is 0 Å². The van der Waals surface area contributed by atoms with Crippen molar-refractivity contribution in [2.75, 3.05) is 0 Å². The zero-order valence-corrected chi connectivity index (χ0v) is 7.32. The first kappa shape index (κ1) is 10.0. The normalized spacial score (nSPS) is 9.77. The van der Waals surface area contributed by atoms with Crippen LogP contribution in [0.25, 0.3) is 0 Å². The Morgan fingerprint density at radius 1 is 1.46 bits per heavy atom. The molecule has 0 aromatic heterocycles. The monoisotopic (exact) mass is 199 g/mol. The molecule has 1 amide bonds. The van der Waals surface area contributed by atoms with Crippen molar-refractivity contribution in [3.8, 4) is 0 Å². The van der Waals surface area contributed by atoms with Crippen LogP contribution in [0.2, 0.25) is 5.02 Å². The van der Waals surface area contributed by atoms with Crippen LogP contribution in [0.5, 0.6) is 0 Å². The Hall–Kier alpha value is -1.04. The minimum absolute atomic E-state index is 0.103. The molecule has 0 radical (unpaired) electrons. The number of halogens is 1. The molecule has 1 aromatic rings. The number of amides is 1. The molecule has 0 fully saturated rings. The lowest BCUT2D eigenvalue weighted by molar-refractivity contribution is 0.100. The van der Waals surface area contributed by atoms with Crippen LogP contribution in [-0.2, 0) is 0 Å². The van der Waals surface area contributed by atoms with Crippen LogP contribution in [0, 0.1) is 0 Å². The van der Waals surface area contributed by atoms with Gasteiger partial charge in [-0.3, -0.25) is 4.79 Å². The fraction of sp³-hybridized carbons (Fsp3) is 0. The van der Waals surface area contributed by atoms with Crippen LogP contribution < -0.4 is 11.2 Å². The molecule has 0 unspecified atom stereocenters. The summed E-state index contributed by atoms with van der Waals surface area (Å²) >= 11 is 5.64. The molecular weight excluding hydrogens is 192 g/mol. The van der Waals surface area contributed by atoms with Gasteiger partial charge in [-0.25, -0.2) is 0 Å². The molecule has 0 aliphatic carbocycles. The van der Waals surface area contributed by atoms with Gasteiger partial charge in [0.1, 0.15) is 0 Å². The molecule has 0 heterocycles. The second-order valence-corrected chi connectivity index (χ2v) is 2.88. The van der Waals surface area contributed by atoms with Crippen molar-refractivity contribution in [1.29, 1.82) is 0 Å². The lowest BCUT2D eigenvalue weighted by Gasteiger charge is -2.03. The largest absolute Gasteiger partial charge is 0.489 e. The van der Waals surface area contributed by atoms with Crippen molar-refractivity contribution in [2.24, 2.45) is 5.73 Å². The maximum absolute atomic E-state index is 10.7. The lowest BCUT2D eigenvalue weighted by Crippen LogP contribution is -2.31. The summed E-state index contributed by atoms with van der Waals surface area (Å²) in [4.78, 5) is 10.7. The first-order valence-corrected chi connectivity index (χ1v) is 3.85. The Morgan fingerprint density at radius 2 is 2.08 bits per heavy atom. The summed E-state index contributed by atoms with van der Waals surface area (Å²) in [7, 11) is -1.64. The minimum Gasteiger partial charge on any atom is -0.423 e. The quantitative estimate of drug-likeness (QED) is 0.541. The molecule has 4 nitrogen and oxygen atoms in total. The van der Waals surface area contributed by atoms with Gasteiger partial charge < -0.3 is 15.8 Å². The van der Waals surface area contributed by atoms with Crippen LogP contribution in [0.1, 0.15) is 10.4 Å². The van der Waals surface area contributed by atoms with Crippen molar-refractivity contribution in [3.63, 3.8) is 0 Å². The average Bonchev–Trinajstić information content (AvgIpc) is 2.03. The van der Waals surface area contributed by atoms with E-state index < -0.39 is 13.0 Å². The Kier molecular flexibility index (Phi) is 2.92. The lowest BCUT2D eigenvalue weighted by atomic mass is 9.80. The molecule has 0 bridgehead atoms. The second kappa shape index (κ2) is 3.78. The van der Waals surface area contributed by atoms with Gasteiger partial charge >= 0.3 is 7.12 Å². The molecule has 0 saturated heterocycles. The third-order valence-electron chi connectivity index (χ3n) is 1.56. The van der Waals surface area contributed by atoms with Crippen LogP contribution >= 0.6 is 11.6 Å². The third kappa shape index (κ3) is 2.21. The molecule has 68 valence electrons. The molecule has 0 atom stereocenters. The summed E-state index contributed by atoms with van der Waals surface area (Å²) in [6.07, 6.45) is 0. The van der Waals surface area contributed by atoms with Crippen LogP contribution in [-0.4, -0.2) is 23.1 Å². The first-order valence-electron chi connectivity index (χ1n) is 3.47. The van der Waals surface area contributed by atoms with Gasteiger partial charge in [-0.15, -0.1) is 0 Å². The summed E-state index contributed by atoms with van der Waals surface area (Å²) in [6.45, 7) is 0. The van der Waals surface area contributed by atoms with E-state index in [9.17, 15) is 4.79 Å². The van der Waals surface area contributed by atoms with Crippen molar-refractivity contribution >= 4 is 30.1 Å². The van der Waals surface area contributed by atoms with Crippen LogP contribution in [0.3, 0.4) is 0 Å². The van der Waals surface area contributed by atoms with Crippen molar-refractivity contribution < 1.29 is 14.8 Å². The van der Waals surface area contributed by atoms with Crippen LogP contribution in [0.15, 0.2) is 18.2 Å². The number of carbonyl (C=O) groups is 1. The maximum atomic E-state index is 10.7. The molecular formula is C7H7BClNO3. The van der Waals surface area contributed by atoms with Gasteiger partial charge in [-0.05, 0) is 12.1 Å². The van der Waals surface area contributed by atoms with Gasteiger partial charge in [0.15, 0.2) is 0 Å². The Bertz CT molecular complexity index is 343. The van der Waals surface area contributed by atoms with Crippen molar-refractivity contribution in [1.82, 2.24) is 0 Å². The van der Waals surface area contributed by atoms with Gasteiger partial charge in [0.2, 0.25) is 5.91 Å². The van der Waals surface area contributed by atoms with Crippen LogP contribution in [0.4, 0.5) is 0 Å². The zero-order valence-electron chi connectivity index (χ0n) is 6.57. The van der Waals surface area contributed by atoms with E-state index in [-0.39, 0.29) is 16.0 Å². The molecule has 4 N–H and O–H groups in total. The summed E-state index contributed by atoms with van der Waals surface area (Å²) in [5.74, 6) is -0.610. The Labute approximate surface area is 80.1 Å². The highest BCUT2D eigenvalue weighted by molar-refractivity contribution is 6.62. The Morgan fingerprint density at radius 3 is 2.46 bits per heavy atom. The van der Waals surface area contributed by atoms with Crippen molar-refractivity contribution in [2.45, 2.75) is 0 Å². The fourth-order valence-corrected chi connectivity index (χ4v) is 1.17. The summed E-state index contributed by atoms with van der Waals surface area (Å²) in [5, 5.41) is 17.7. The molecule has 1 aromatic carbocycles. The van der Waals surface area contributed by atoms with E-state index in [4.69, 9.17) is 27.4 Å². The number of rotatable bonds is 2. The molecule has 1 rings (SSSR count). The molecule has 6 heteroatoms. The Balaban J connectivity index is 3.13. The molecule has 0 spiro atoms. The molecule has 0 aliphatic heterocycles. The van der Waals surface area contributed by atoms with E-state index in [0.717, 1.165) is 0 Å². The third-order valence-corrected chi connectivity index (χ3v) is 1.89. The van der Waals surface area contributed by atoms with E-state index in [1.54, 1.807) is 0 Å². The van der Waals surface area contributed by atoms with E-state index >= 15 is 0 Å². The highest BCUT2D eigenvalue weighted by Crippen LogP contribution is 2.08. The summed E-state index contributed by atoms with van der Waals surface area (Å²) in [6, 6.07) is 4.01. The van der Waals surface area contributed by atoms with Gasteiger partial charge in [0.05, 0.1) is 0 Å². The number of benzene rings is 1. The van der Waals surface area contributed by atoms with Gasteiger partial charge in [0, 0.05) is 16.0 Å². The topological polar surface area (TPSA) is 83.6 Å². The molecule has 0 saturated carbocycles. The average molecular weight is 199 g/mol. The van der Waals surface area contributed by atoms with Gasteiger partial charge in [-0.2, -0.15) is 0 Å². The highest BCUT2D eigenvalue weighted by atomic mass is 35.5. The number of primary amides is 1.